The van der Waals surface area contributed by atoms with Gasteiger partial charge in [0.25, 0.3) is 0 Å². The highest BCUT2D eigenvalue weighted by Crippen LogP contribution is 2.33. The molecule has 1 aliphatic heterocycles. The summed E-state index contributed by atoms with van der Waals surface area (Å²) in [5.74, 6) is 1.96. The smallest absolute Gasteiger partial charge is 0.241 e. The predicted molar refractivity (Wildman–Crippen MR) is 139 cm³/mol. The Labute approximate surface area is 219 Å². The largest absolute Gasteiger partial charge is 0.455 e. The van der Waals surface area contributed by atoms with E-state index in [1.807, 2.05) is 42.5 Å². The van der Waals surface area contributed by atoms with E-state index in [0.29, 0.717) is 52.0 Å². The zero-order chi connectivity index (χ0) is 24.9. The van der Waals surface area contributed by atoms with E-state index in [9.17, 15) is 4.79 Å². The van der Waals surface area contributed by atoms with Gasteiger partial charge in [-0.15, -0.1) is 0 Å². The lowest BCUT2D eigenvalue weighted by atomic mass is 9.97. The fourth-order valence-corrected chi connectivity index (χ4v) is 4.48. The summed E-state index contributed by atoms with van der Waals surface area (Å²) in [6.07, 6.45) is 1.68. The number of hydrogen-bond donors (Lipinski definition) is 1. The number of benzene rings is 3. The maximum absolute atomic E-state index is 13.2. The molecule has 1 aromatic heterocycles. The minimum absolute atomic E-state index is 0.0766. The average Bonchev–Trinajstić information content (AvgIpc) is 3.35. The second-order valence-corrected chi connectivity index (χ2v) is 9.51. The SMILES string of the molecule is O=C(Nc1cc(Cl)ccc1Oc1ccccc1)C1CCCN(Cc2nc(-c3ccc(Cl)cc3)no2)C1. The number of halogens is 2. The Hall–Kier alpha value is -3.39. The number of carbonyl (C=O) groups is 1. The molecule has 184 valence electrons. The molecule has 5 rings (SSSR count). The number of carbonyl (C=O) groups excluding carboxylic acids is 1. The number of likely N-dealkylation sites (tertiary alicyclic amines) is 1. The van der Waals surface area contributed by atoms with Crippen molar-refractivity contribution >= 4 is 34.8 Å². The van der Waals surface area contributed by atoms with Crippen molar-refractivity contribution in [2.24, 2.45) is 5.92 Å². The average molecular weight is 523 g/mol. The molecule has 1 aliphatic rings. The van der Waals surface area contributed by atoms with Crippen molar-refractivity contribution in [1.82, 2.24) is 15.0 Å². The van der Waals surface area contributed by atoms with Gasteiger partial charge < -0.3 is 14.6 Å². The lowest BCUT2D eigenvalue weighted by Gasteiger charge is -2.31. The predicted octanol–water partition coefficient (Wildman–Crippen LogP) is 6.69. The fraction of sp³-hybridized carbons (Fsp3) is 0.222. The minimum Gasteiger partial charge on any atom is -0.455 e. The van der Waals surface area contributed by atoms with Gasteiger partial charge in [0.05, 0.1) is 18.2 Å². The highest BCUT2D eigenvalue weighted by atomic mass is 35.5. The maximum atomic E-state index is 13.2. The molecule has 1 N–H and O–H groups in total. The van der Waals surface area contributed by atoms with Crippen LogP contribution < -0.4 is 10.1 Å². The van der Waals surface area contributed by atoms with Crippen LogP contribution in [0.4, 0.5) is 5.69 Å². The first kappa shape index (κ1) is 24.3. The van der Waals surface area contributed by atoms with Gasteiger partial charge in [-0.05, 0) is 74.0 Å². The van der Waals surface area contributed by atoms with Crippen LogP contribution in [0.3, 0.4) is 0 Å². The highest BCUT2D eigenvalue weighted by molar-refractivity contribution is 6.31. The number of ether oxygens (including phenoxy) is 1. The number of hydrogen-bond acceptors (Lipinski definition) is 6. The summed E-state index contributed by atoms with van der Waals surface area (Å²) in [4.78, 5) is 19.9. The van der Waals surface area contributed by atoms with Crippen molar-refractivity contribution in [2.75, 3.05) is 18.4 Å². The van der Waals surface area contributed by atoms with E-state index in [0.717, 1.165) is 24.9 Å². The molecule has 36 heavy (non-hydrogen) atoms. The molecular weight excluding hydrogens is 499 g/mol. The Bertz CT molecular complexity index is 1330. The molecular formula is C27H24Cl2N4O3. The molecule has 7 nitrogen and oxygen atoms in total. The first-order valence-electron chi connectivity index (χ1n) is 11.7. The summed E-state index contributed by atoms with van der Waals surface area (Å²) < 4.78 is 11.4. The standard InChI is InChI=1S/C27H24Cl2N4O3/c28-20-10-8-18(9-11-20)26-31-25(36-32-26)17-33-14-4-5-19(16-33)27(34)30-23-15-21(29)12-13-24(23)35-22-6-2-1-3-7-22/h1-3,6-13,15,19H,4-5,14,16-17H2,(H,30,34). The number of anilines is 1. The van der Waals surface area contributed by atoms with E-state index in [1.165, 1.54) is 0 Å². The van der Waals surface area contributed by atoms with Crippen molar-refractivity contribution in [1.29, 1.82) is 0 Å². The van der Waals surface area contributed by atoms with E-state index in [4.69, 9.17) is 32.5 Å². The van der Waals surface area contributed by atoms with Crippen molar-refractivity contribution in [3.8, 4) is 22.9 Å². The quantitative estimate of drug-likeness (QED) is 0.291. The van der Waals surface area contributed by atoms with Crippen LogP contribution in [0.5, 0.6) is 11.5 Å². The highest BCUT2D eigenvalue weighted by Gasteiger charge is 2.27. The monoisotopic (exact) mass is 522 g/mol. The Morgan fingerprint density at radius 3 is 2.64 bits per heavy atom. The second-order valence-electron chi connectivity index (χ2n) is 8.64. The van der Waals surface area contributed by atoms with E-state index in [1.54, 1.807) is 30.3 Å². The molecule has 0 saturated carbocycles. The van der Waals surface area contributed by atoms with Crippen molar-refractivity contribution < 1.29 is 14.1 Å². The molecule has 1 fully saturated rings. The third-order valence-corrected chi connectivity index (χ3v) is 6.46. The molecule has 1 unspecified atom stereocenters. The third-order valence-electron chi connectivity index (χ3n) is 5.98. The molecule has 2 heterocycles. The lowest BCUT2D eigenvalue weighted by Crippen LogP contribution is -2.40. The van der Waals surface area contributed by atoms with Crippen molar-refractivity contribution in [3.63, 3.8) is 0 Å². The van der Waals surface area contributed by atoms with E-state index in [2.05, 4.69) is 20.4 Å². The Morgan fingerprint density at radius 1 is 1.06 bits per heavy atom. The molecule has 0 aliphatic carbocycles. The van der Waals surface area contributed by atoms with Gasteiger partial charge in [-0.25, -0.2) is 0 Å². The normalized spacial score (nSPS) is 16.0. The van der Waals surface area contributed by atoms with Crippen molar-refractivity contribution in [3.05, 3.63) is 88.7 Å². The first-order chi connectivity index (χ1) is 17.5. The zero-order valence-corrected chi connectivity index (χ0v) is 20.9. The van der Waals surface area contributed by atoms with Crippen LogP contribution in [0.15, 0.2) is 77.3 Å². The molecule has 0 radical (unpaired) electrons. The van der Waals surface area contributed by atoms with Gasteiger partial charge in [0.15, 0.2) is 5.75 Å². The summed E-state index contributed by atoms with van der Waals surface area (Å²) in [7, 11) is 0. The molecule has 9 heteroatoms. The van der Waals surface area contributed by atoms with Crippen molar-refractivity contribution in [2.45, 2.75) is 19.4 Å². The first-order valence-corrected chi connectivity index (χ1v) is 12.4. The molecule has 3 aromatic carbocycles. The third kappa shape index (κ3) is 6.05. The molecule has 0 bridgehead atoms. The molecule has 0 spiro atoms. The second kappa shape index (κ2) is 11.1. The number of nitrogens with one attached hydrogen (secondary N) is 1. The van der Waals surface area contributed by atoms with Gasteiger partial charge in [0.2, 0.25) is 17.6 Å². The molecule has 1 saturated heterocycles. The van der Waals surface area contributed by atoms with Gasteiger partial charge in [0.1, 0.15) is 5.75 Å². The van der Waals surface area contributed by atoms with Crippen LogP contribution in [0.1, 0.15) is 18.7 Å². The number of piperidine rings is 1. The van der Waals surface area contributed by atoms with E-state index in [-0.39, 0.29) is 11.8 Å². The van der Waals surface area contributed by atoms with E-state index < -0.39 is 0 Å². The number of aromatic nitrogens is 2. The zero-order valence-electron chi connectivity index (χ0n) is 19.4. The summed E-state index contributed by atoms with van der Waals surface area (Å²) in [5.41, 5.74) is 1.37. The van der Waals surface area contributed by atoms with Gasteiger partial charge in [-0.1, -0.05) is 46.6 Å². The Kier molecular flexibility index (Phi) is 7.51. The van der Waals surface area contributed by atoms with Gasteiger partial charge in [0, 0.05) is 22.2 Å². The van der Waals surface area contributed by atoms with Gasteiger partial charge in [-0.3, -0.25) is 9.69 Å². The van der Waals surface area contributed by atoms with Gasteiger partial charge in [-0.2, -0.15) is 4.98 Å². The summed E-state index contributed by atoms with van der Waals surface area (Å²) in [5, 5.41) is 8.27. The van der Waals surface area contributed by atoms with Crippen LogP contribution in [0.2, 0.25) is 10.0 Å². The molecule has 4 aromatic rings. The van der Waals surface area contributed by atoms with Crippen LogP contribution in [0, 0.1) is 5.92 Å². The topological polar surface area (TPSA) is 80.5 Å². The minimum atomic E-state index is -0.194. The number of rotatable bonds is 7. The van der Waals surface area contributed by atoms with E-state index >= 15 is 0 Å². The fourth-order valence-electron chi connectivity index (χ4n) is 4.18. The summed E-state index contributed by atoms with van der Waals surface area (Å²) in [6, 6.07) is 21.9. The van der Waals surface area contributed by atoms with Crippen LogP contribution in [-0.4, -0.2) is 34.0 Å². The Morgan fingerprint density at radius 2 is 1.83 bits per heavy atom. The van der Waals surface area contributed by atoms with Crippen LogP contribution >= 0.6 is 23.2 Å². The molecule has 1 amide bonds. The number of para-hydroxylation sites is 1. The molecule has 1 atom stereocenters. The lowest BCUT2D eigenvalue weighted by molar-refractivity contribution is -0.121. The number of amides is 1. The van der Waals surface area contributed by atoms with Crippen LogP contribution in [0.25, 0.3) is 11.4 Å². The number of nitrogens with zero attached hydrogens (tertiary/aromatic N) is 3. The summed E-state index contributed by atoms with van der Waals surface area (Å²) >= 11 is 12.2. The van der Waals surface area contributed by atoms with Crippen LogP contribution in [-0.2, 0) is 11.3 Å². The van der Waals surface area contributed by atoms with Gasteiger partial charge >= 0.3 is 0 Å². The maximum Gasteiger partial charge on any atom is 0.241 e. The Balaban J connectivity index is 1.23. The summed E-state index contributed by atoms with van der Waals surface area (Å²) in [6.45, 7) is 1.91.